The van der Waals surface area contributed by atoms with Crippen LogP contribution in [0.4, 0.5) is 0 Å². The summed E-state index contributed by atoms with van der Waals surface area (Å²) in [6, 6.07) is 4.16. The van der Waals surface area contributed by atoms with Gasteiger partial charge in [0.2, 0.25) is 0 Å². The van der Waals surface area contributed by atoms with Crippen molar-refractivity contribution in [1.82, 2.24) is 5.32 Å². The fourth-order valence-electron chi connectivity index (χ4n) is 2.31. The summed E-state index contributed by atoms with van der Waals surface area (Å²) in [5, 5.41) is 13.5. The first-order chi connectivity index (χ1) is 7.72. The summed E-state index contributed by atoms with van der Waals surface area (Å²) in [5.74, 6) is 0.877. The maximum Gasteiger partial charge on any atom is 0.133 e. The Balaban J connectivity index is 2.33. The number of benzene rings is 1. The number of nitrogens with one attached hydrogen (secondary N) is 1. The molecule has 3 heteroatoms. The normalized spacial score (nSPS) is 21.0. The number of aromatic hydroxyl groups is 1. The minimum atomic E-state index is 0.422. The van der Waals surface area contributed by atoms with Crippen LogP contribution in [-0.2, 0) is 6.42 Å². The summed E-state index contributed by atoms with van der Waals surface area (Å²) in [5.41, 5.74) is 2.38. The summed E-state index contributed by atoms with van der Waals surface area (Å²) < 4.78 is 0.826. The number of piperidine rings is 1. The lowest BCUT2D eigenvalue weighted by Crippen LogP contribution is -2.28. The maximum atomic E-state index is 10.1. The molecule has 0 aromatic heterocycles. The van der Waals surface area contributed by atoms with Crippen LogP contribution in [0.1, 0.15) is 36.8 Å². The second-order valence-corrected chi connectivity index (χ2v) is 5.27. The number of phenols is 1. The van der Waals surface area contributed by atoms with Gasteiger partial charge in [0.1, 0.15) is 5.75 Å². The van der Waals surface area contributed by atoms with E-state index in [0.717, 1.165) is 29.5 Å². The molecule has 2 rings (SSSR count). The van der Waals surface area contributed by atoms with Crippen molar-refractivity contribution in [1.29, 1.82) is 0 Å². The van der Waals surface area contributed by atoms with Crippen LogP contribution >= 0.6 is 15.9 Å². The van der Waals surface area contributed by atoms with Crippen LogP contribution in [0.3, 0.4) is 0 Å². The van der Waals surface area contributed by atoms with E-state index < -0.39 is 0 Å². The van der Waals surface area contributed by atoms with Gasteiger partial charge in [-0.15, -0.1) is 0 Å². The molecule has 1 heterocycles. The molecule has 1 saturated heterocycles. The van der Waals surface area contributed by atoms with Crippen molar-refractivity contribution < 1.29 is 5.11 Å². The molecule has 0 radical (unpaired) electrons. The smallest absolute Gasteiger partial charge is 0.133 e. The topological polar surface area (TPSA) is 32.3 Å². The molecule has 2 nitrogen and oxygen atoms in total. The van der Waals surface area contributed by atoms with E-state index in [9.17, 15) is 5.11 Å². The molecule has 1 aromatic carbocycles. The molecule has 0 saturated carbocycles. The number of hydrogen-bond acceptors (Lipinski definition) is 2. The van der Waals surface area contributed by atoms with Crippen LogP contribution < -0.4 is 5.32 Å². The van der Waals surface area contributed by atoms with Gasteiger partial charge in [0.05, 0.1) is 4.47 Å². The van der Waals surface area contributed by atoms with Gasteiger partial charge in [-0.1, -0.05) is 13.0 Å². The molecule has 0 amide bonds. The van der Waals surface area contributed by atoms with Crippen molar-refractivity contribution in [3.63, 3.8) is 0 Å². The molecule has 1 aliphatic heterocycles. The lowest BCUT2D eigenvalue weighted by Gasteiger charge is -2.24. The zero-order chi connectivity index (χ0) is 11.5. The highest BCUT2D eigenvalue weighted by atomic mass is 79.9. The molecule has 1 unspecified atom stereocenters. The van der Waals surface area contributed by atoms with Crippen molar-refractivity contribution in [2.24, 2.45) is 0 Å². The predicted octanol–water partition coefficient (Wildman–Crippen LogP) is 3.18. The van der Waals surface area contributed by atoms with Gasteiger partial charge in [0, 0.05) is 12.5 Å². The van der Waals surface area contributed by atoms with E-state index in [4.69, 9.17) is 0 Å². The quantitative estimate of drug-likeness (QED) is 0.874. The Morgan fingerprint density at radius 2 is 2.31 bits per heavy atom. The van der Waals surface area contributed by atoms with E-state index in [1.54, 1.807) is 0 Å². The van der Waals surface area contributed by atoms with Crippen LogP contribution in [0.5, 0.6) is 5.75 Å². The van der Waals surface area contributed by atoms with Crippen LogP contribution in [0, 0.1) is 0 Å². The lowest BCUT2D eigenvalue weighted by molar-refractivity contribution is 0.423. The minimum Gasteiger partial charge on any atom is -0.506 e. The van der Waals surface area contributed by atoms with Crippen LogP contribution in [-0.4, -0.2) is 18.2 Å². The molecule has 1 atom stereocenters. The van der Waals surface area contributed by atoms with Crippen molar-refractivity contribution in [3.8, 4) is 5.75 Å². The third kappa shape index (κ3) is 2.41. The largest absolute Gasteiger partial charge is 0.506 e. The molecule has 16 heavy (non-hydrogen) atoms. The summed E-state index contributed by atoms with van der Waals surface area (Å²) >= 11 is 3.43. The second kappa shape index (κ2) is 5.19. The van der Waals surface area contributed by atoms with Gasteiger partial charge in [-0.3, -0.25) is 0 Å². The SMILES string of the molecule is CCc1cc(Br)c(O)c(C2CCCNC2)c1. The highest BCUT2D eigenvalue weighted by molar-refractivity contribution is 9.10. The van der Waals surface area contributed by atoms with E-state index in [2.05, 4.69) is 34.2 Å². The van der Waals surface area contributed by atoms with Crippen LogP contribution in [0.2, 0.25) is 0 Å². The Labute approximate surface area is 105 Å². The first-order valence-electron chi connectivity index (χ1n) is 5.94. The fraction of sp³-hybridized carbons (Fsp3) is 0.538. The summed E-state index contributed by atoms with van der Waals surface area (Å²) in [4.78, 5) is 0. The highest BCUT2D eigenvalue weighted by Gasteiger charge is 2.20. The average Bonchev–Trinajstić information content (AvgIpc) is 2.33. The molecule has 1 fully saturated rings. The van der Waals surface area contributed by atoms with E-state index in [1.807, 2.05) is 6.07 Å². The number of halogens is 1. The van der Waals surface area contributed by atoms with E-state index >= 15 is 0 Å². The molecule has 0 spiro atoms. The first kappa shape index (κ1) is 11.9. The zero-order valence-electron chi connectivity index (χ0n) is 9.59. The molecule has 1 aromatic rings. The number of hydrogen-bond donors (Lipinski definition) is 2. The van der Waals surface area contributed by atoms with Crippen molar-refractivity contribution in [2.75, 3.05) is 13.1 Å². The predicted molar refractivity (Wildman–Crippen MR) is 70.0 cm³/mol. The molecule has 88 valence electrons. The van der Waals surface area contributed by atoms with Crippen LogP contribution in [0.25, 0.3) is 0 Å². The maximum absolute atomic E-state index is 10.1. The second-order valence-electron chi connectivity index (χ2n) is 4.41. The lowest BCUT2D eigenvalue weighted by atomic mass is 9.89. The molecule has 2 N–H and O–H groups in total. The fourth-order valence-corrected chi connectivity index (χ4v) is 2.83. The number of rotatable bonds is 2. The van der Waals surface area contributed by atoms with E-state index in [0.29, 0.717) is 11.7 Å². The summed E-state index contributed by atoms with van der Waals surface area (Å²) in [6.45, 7) is 4.22. The first-order valence-corrected chi connectivity index (χ1v) is 6.73. The monoisotopic (exact) mass is 283 g/mol. The summed E-state index contributed by atoms with van der Waals surface area (Å²) in [7, 11) is 0. The van der Waals surface area contributed by atoms with Gasteiger partial charge in [-0.2, -0.15) is 0 Å². The Morgan fingerprint density at radius 3 is 2.94 bits per heavy atom. The van der Waals surface area contributed by atoms with Crippen molar-refractivity contribution in [2.45, 2.75) is 32.1 Å². The van der Waals surface area contributed by atoms with Gasteiger partial charge in [-0.25, -0.2) is 0 Å². The van der Waals surface area contributed by atoms with Crippen LogP contribution in [0.15, 0.2) is 16.6 Å². The van der Waals surface area contributed by atoms with E-state index in [1.165, 1.54) is 18.4 Å². The third-order valence-electron chi connectivity index (χ3n) is 3.30. The van der Waals surface area contributed by atoms with Gasteiger partial charge in [0.15, 0.2) is 0 Å². The third-order valence-corrected chi connectivity index (χ3v) is 3.90. The number of phenolic OH excluding ortho intramolecular Hbond substituents is 1. The molecular weight excluding hydrogens is 266 g/mol. The Morgan fingerprint density at radius 1 is 1.50 bits per heavy atom. The zero-order valence-corrected chi connectivity index (χ0v) is 11.2. The van der Waals surface area contributed by atoms with Crippen molar-refractivity contribution in [3.05, 3.63) is 27.7 Å². The van der Waals surface area contributed by atoms with E-state index in [-0.39, 0.29) is 0 Å². The van der Waals surface area contributed by atoms with Crippen molar-refractivity contribution >= 4 is 15.9 Å². The minimum absolute atomic E-state index is 0.422. The Bertz CT molecular complexity index is 372. The van der Waals surface area contributed by atoms with Gasteiger partial charge < -0.3 is 10.4 Å². The molecular formula is C13H18BrNO. The molecule has 1 aliphatic rings. The molecule has 0 aliphatic carbocycles. The summed E-state index contributed by atoms with van der Waals surface area (Å²) in [6.07, 6.45) is 3.37. The van der Waals surface area contributed by atoms with Gasteiger partial charge in [-0.05, 0) is 58.9 Å². The standard InChI is InChI=1S/C13H18BrNO/c1-2-9-6-11(13(16)12(14)7-9)10-4-3-5-15-8-10/h6-7,10,15-16H,2-5,8H2,1H3. The van der Waals surface area contributed by atoms with Gasteiger partial charge >= 0.3 is 0 Å². The Kier molecular flexibility index (Phi) is 3.87. The van der Waals surface area contributed by atoms with Gasteiger partial charge in [0.25, 0.3) is 0 Å². The molecule has 0 bridgehead atoms. The highest BCUT2D eigenvalue weighted by Crippen LogP contribution is 2.36. The Hall–Kier alpha value is -0.540. The average molecular weight is 284 g/mol. The number of aryl methyl sites for hydroxylation is 1.